The molecule has 1 aromatic heterocycles. The highest BCUT2D eigenvalue weighted by Gasteiger charge is 2.44. The van der Waals surface area contributed by atoms with E-state index in [1.165, 1.54) is 0 Å². The Morgan fingerprint density at radius 2 is 1.67 bits per heavy atom. The lowest BCUT2D eigenvalue weighted by molar-refractivity contribution is -0.159. The summed E-state index contributed by atoms with van der Waals surface area (Å²) in [5, 5.41) is 6.84. The van der Waals surface area contributed by atoms with E-state index in [2.05, 4.69) is 15.6 Å². The molecule has 1 aliphatic heterocycles. The maximum Gasteiger partial charge on any atom is 0.324 e. The number of carbonyl (C=O) groups excluding carboxylic acids is 4. The molecule has 1 aliphatic rings. The molecule has 2 heterocycles. The molecule has 42 heavy (non-hydrogen) atoms. The van der Waals surface area contributed by atoms with Crippen LogP contribution in [-0.2, 0) is 35.1 Å². The Hall–Kier alpha value is -4.02. The first-order valence-electron chi connectivity index (χ1n) is 14.3. The number of amides is 1. The number of ether oxygens (including phenoxy) is 2. The lowest BCUT2D eigenvalue weighted by Gasteiger charge is -2.36. The molecule has 1 fully saturated rings. The normalized spacial score (nSPS) is 19.1. The number of piperidine rings is 1. The van der Waals surface area contributed by atoms with Gasteiger partial charge in [-0.05, 0) is 57.9 Å². The van der Waals surface area contributed by atoms with E-state index >= 15 is 0 Å². The van der Waals surface area contributed by atoms with Gasteiger partial charge < -0.3 is 35.6 Å². The summed E-state index contributed by atoms with van der Waals surface area (Å²) in [6, 6.07) is 16.4. The summed E-state index contributed by atoms with van der Waals surface area (Å²) in [6.07, 6.45) is 3.82. The van der Waals surface area contributed by atoms with Crippen molar-refractivity contribution in [3.63, 3.8) is 0 Å². The number of hydrogen-bond acceptors (Lipinski definition) is 8. The molecule has 0 spiro atoms. The molecule has 2 aromatic carbocycles. The van der Waals surface area contributed by atoms with Crippen LogP contribution in [0.2, 0.25) is 0 Å². The van der Waals surface area contributed by atoms with Gasteiger partial charge in [-0.15, -0.1) is 0 Å². The van der Waals surface area contributed by atoms with E-state index in [1.54, 1.807) is 27.7 Å². The van der Waals surface area contributed by atoms with Gasteiger partial charge in [-0.25, -0.2) is 0 Å². The highest BCUT2D eigenvalue weighted by molar-refractivity contribution is 5.88. The number of hydrogen-bond donors (Lipinski definition) is 4. The van der Waals surface area contributed by atoms with Crippen LogP contribution in [0.25, 0.3) is 10.9 Å². The molecule has 4 rings (SSSR count). The smallest absolute Gasteiger partial charge is 0.324 e. The molecular weight excluding hydrogens is 536 g/mol. The molecule has 5 N–H and O–H groups in total. The molecule has 0 bridgehead atoms. The molecular formula is C32H42N4O6. The van der Waals surface area contributed by atoms with E-state index in [0.29, 0.717) is 26.2 Å². The predicted octanol–water partition coefficient (Wildman–Crippen LogP) is 3.01. The average Bonchev–Trinajstić information content (AvgIpc) is 3.39. The number of rotatable bonds is 10. The Labute approximate surface area is 246 Å². The van der Waals surface area contributed by atoms with Crippen molar-refractivity contribution in [3.8, 4) is 0 Å². The van der Waals surface area contributed by atoms with E-state index in [-0.39, 0.29) is 23.8 Å². The monoisotopic (exact) mass is 578 g/mol. The van der Waals surface area contributed by atoms with Crippen molar-refractivity contribution in [2.75, 3.05) is 19.8 Å². The number of nitrogens with two attached hydrogens (primary N) is 1. The molecule has 10 nitrogen and oxygen atoms in total. The average molecular weight is 579 g/mol. The van der Waals surface area contributed by atoms with Gasteiger partial charge >= 0.3 is 11.9 Å². The van der Waals surface area contributed by atoms with Crippen molar-refractivity contribution in [2.45, 2.75) is 64.1 Å². The maximum atomic E-state index is 12.4. The first kappa shape index (κ1) is 32.5. The summed E-state index contributed by atoms with van der Waals surface area (Å²) < 4.78 is 10.3. The first-order chi connectivity index (χ1) is 20.1. The molecule has 10 heteroatoms. The van der Waals surface area contributed by atoms with Crippen LogP contribution in [0.15, 0.2) is 60.8 Å². The maximum absolute atomic E-state index is 12.4. The van der Waals surface area contributed by atoms with Crippen LogP contribution in [-0.4, -0.2) is 66.5 Å². The van der Waals surface area contributed by atoms with Crippen molar-refractivity contribution < 1.29 is 28.7 Å². The summed E-state index contributed by atoms with van der Waals surface area (Å²) in [4.78, 5) is 50.8. The van der Waals surface area contributed by atoms with Gasteiger partial charge in [-0.3, -0.25) is 14.4 Å². The molecule has 3 aromatic rings. The van der Waals surface area contributed by atoms with E-state index in [9.17, 15) is 19.2 Å². The van der Waals surface area contributed by atoms with Crippen molar-refractivity contribution in [3.05, 3.63) is 71.9 Å². The number of para-hydroxylation sites is 1. The lowest BCUT2D eigenvalue weighted by Crippen LogP contribution is -2.53. The topological polar surface area (TPSA) is 153 Å². The number of H-pyrrole nitrogens is 1. The van der Waals surface area contributed by atoms with Gasteiger partial charge in [-0.2, -0.15) is 0 Å². The van der Waals surface area contributed by atoms with Crippen molar-refractivity contribution in [1.29, 1.82) is 0 Å². The Balaban J connectivity index is 0.000000231. The Morgan fingerprint density at radius 3 is 2.31 bits per heavy atom. The van der Waals surface area contributed by atoms with Gasteiger partial charge in [-0.1, -0.05) is 48.5 Å². The third kappa shape index (κ3) is 8.50. The summed E-state index contributed by atoms with van der Waals surface area (Å²) in [6.45, 7) is 8.00. The van der Waals surface area contributed by atoms with Crippen molar-refractivity contribution in [1.82, 2.24) is 15.6 Å². The fourth-order valence-electron chi connectivity index (χ4n) is 5.03. The predicted molar refractivity (Wildman–Crippen MR) is 161 cm³/mol. The number of aromatic amines is 1. The first-order valence-corrected chi connectivity index (χ1v) is 14.3. The lowest BCUT2D eigenvalue weighted by atomic mass is 9.76. The van der Waals surface area contributed by atoms with Crippen molar-refractivity contribution in [2.24, 2.45) is 11.7 Å². The van der Waals surface area contributed by atoms with E-state index < -0.39 is 23.5 Å². The fraction of sp³-hybridized carbons (Fsp3) is 0.438. The number of benzene rings is 2. The Bertz CT molecular complexity index is 1330. The number of fused-ring (bicyclic) bond motifs is 1. The number of aromatic nitrogens is 1. The molecule has 1 saturated heterocycles. The third-order valence-electron chi connectivity index (χ3n) is 7.12. The Kier molecular flexibility index (Phi) is 11.8. The zero-order valence-corrected chi connectivity index (χ0v) is 24.7. The van der Waals surface area contributed by atoms with Gasteiger partial charge in [0.1, 0.15) is 12.3 Å². The molecule has 226 valence electrons. The van der Waals surface area contributed by atoms with Crippen LogP contribution >= 0.6 is 0 Å². The quantitative estimate of drug-likeness (QED) is 0.212. The van der Waals surface area contributed by atoms with E-state index in [0.717, 1.165) is 34.7 Å². The summed E-state index contributed by atoms with van der Waals surface area (Å²) in [5.74, 6) is -1.68. The van der Waals surface area contributed by atoms with Crippen LogP contribution in [0.3, 0.4) is 0 Å². The van der Waals surface area contributed by atoms with E-state index in [4.69, 9.17) is 15.2 Å². The molecule has 1 amide bonds. The number of nitrogens with one attached hydrogen (secondary N) is 3. The summed E-state index contributed by atoms with van der Waals surface area (Å²) in [7, 11) is 0. The van der Waals surface area contributed by atoms with Crippen LogP contribution in [0.4, 0.5) is 0 Å². The molecule has 0 aliphatic carbocycles. The SMILES string of the molecule is CC(C)(N)C(=O)N[C@@H](C=O)Cc1c[nH]c2ccccc12.CCOC(=O)C1NCCC(c2ccccc2)C1C(=O)OCC. The molecule has 0 radical (unpaired) electrons. The third-order valence-corrected chi connectivity index (χ3v) is 7.12. The number of esters is 2. The van der Waals surface area contributed by atoms with Crippen LogP contribution in [0.1, 0.15) is 51.2 Å². The standard InChI is InChI=1S/C17H23NO4.C15H19N3O2/c1-3-21-16(19)14-13(12-8-6-5-7-9-12)10-11-18-15(14)17(20)22-4-2;1-15(2,16)14(20)18-11(9-19)7-10-8-17-13-6-4-3-5-12(10)13/h5-9,13-15,18H,3-4,10-11H2,1-2H3;3-6,8-9,11,17H,7,16H2,1-2H3,(H,18,20)/t;11-/m.1/s1. The van der Waals surface area contributed by atoms with Crippen LogP contribution in [0.5, 0.6) is 0 Å². The summed E-state index contributed by atoms with van der Waals surface area (Å²) >= 11 is 0. The fourth-order valence-corrected chi connectivity index (χ4v) is 5.03. The highest BCUT2D eigenvalue weighted by atomic mass is 16.5. The number of carbonyl (C=O) groups is 4. The van der Waals surface area contributed by atoms with Crippen LogP contribution in [0, 0.1) is 5.92 Å². The van der Waals surface area contributed by atoms with E-state index in [1.807, 2.05) is 60.8 Å². The Morgan fingerprint density at radius 1 is 1.02 bits per heavy atom. The van der Waals surface area contributed by atoms with Gasteiger partial charge in [0.25, 0.3) is 0 Å². The highest BCUT2D eigenvalue weighted by Crippen LogP contribution is 2.34. The molecule has 3 unspecified atom stereocenters. The zero-order chi connectivity index (χ0) is 30.7. The van der Waals surface area contributed by atoms with Gasteiger partial charge in [0.05, 0.1) is 30.7 Å². The zero-order valence-electron chi connectivity index (χ0n) is 24.7. The van der Waals surface area contributed by atoms with Gasteiger partial charge in [0, 0.05) is 29.4 Å². The van der Waals surface area contributed by atoms with Crippen molar-refractivity contribution >= 4 is 35.0 Å². The van der Waals surface area contributed by atoms with Gasteiger partial charge in [0.2, 0.25) is 5.91 Å². The van der Waals surface area contributed by atoms with Gasteiger partial charge in [0.15, 0.2) is 0 Å². The largest absolute Gasteiger partial charge is 0.466 e. The summed E-state index contributed by atoms with van der Waals surface area (Å²) in [5.41, 5.74) is 7.77. The minimum Gasteiger partial charge on any atom is -0.466 e. The number of aldehydes is 1. The molecule has 4 atom stereocenters. The second-order valence-electron chi connectivity index (χ2n) is 10.8. The minimum absolute atomic E-state index is 0.0455. The second kappa shape index (κ2) is 15.3. The second-order valence-corrected chi connectivity index (χ2v) is 10.8. The molecule has 0 saturated carbocycles. The van der Waals surface area contributed by atoms with Crippen LogP contribution < -0.4 is 16.4 Å². The minimum atomic E-state index is -0.999.